The summed E-state index contributed by atoms with van der Waals surface area (Å²) < 4.78 is 0. The molecule has 6 aliphatic rings. The molecule has 4 N–H and O–H groups in total. The van der Waals surface area contributed by atoms with Gasteiger partial charge in [-0.25, -0.2) is 0 Å². The fraction of sp³-hybridized carbons (Fsp3) is 0.860. The zero-order valence-electron chi connectivity index (χ0n) is 34.8. The molecule has 6 rings (SSSR count). The Morgan fingerprint density at radius 3 is 1.98 bits per heavy atom. The molecule has 2 heterocycles. The lowest BCUT2D eigenvalue weighted by atomic mass is 9.73. The van der Waals surface area contributed by atoms with Crippen molar-refractivity contribution in [2.75, 3.05) is 19.6 Å². The molecule has 0 unspecified atom stereocenters. The molecule has 4 saturated carbocycles. The first kappa shape index (κ1) is 41.6. The molecule has 6 atom stereocenters. The zero-order chi connectivity index (χ0) is 39.9. The molecule has 4 aliphatic carbocycles. The number of ketones is 1. The Balaban J connectivity index is 1.25. The van der Waals surface area contributed by atoms with Crippen LogP contribution in [0.2, 0.25) is 0 Å². The monoisotopic (exact) mass is 767 g/mol. The van der Waals surface area contributed by atoms with Crippen LogP contribution in [0.4, 0.5) is 0 Å². The van der Waals surface area contributed by atoms with E-state index in [1.807, 2.05) is 27.7 Å². The highest BCUT2D eigenvalue weighted by molar-refractivity contribution is 6.38. The van der Waals surface area contributed by atoms with E-state index in [4.69, 9.17) is 0 Å². The predicted molar refractivity (Wildman–Crippen MR) is 210 cm³/mol. The molecule has 0 bridgehead atoms. The van der Waals surface area contributed by atoms with Crippen molar-refractivity contribution >= 4 is 35.3 Å². The highest BCUT2D eigenvalue weighted by atomic mass is 16.2. The first-order valence-electron chi connectivity index (χ1n) is 21.8. The van der Waals surface area contributed by atoms with Crippen LogP contribution in [-0.4, -0.2) is 101 Å². The maximum atomic E-state index is 15.1. The minimum Gasteiger partial charge on any atom is -0.347 e. The second-order valence-electron chi connectivity index (χ2n) is 19.6. The SMILES string of the molecule is CCC[C@H](NC(=O)[C@@H]1C[C@@]2(CN1C(=O)[C@@H](NC(=O)[C@@H](NC(=O)[C@@H]1CCCCN1CC)C1CCCCC1)C(C)(C)C)C(C)(C)C21CCC1)C(=O)C(=O)NC1CC1. The van der Waals surface area contributed by atoms with Crippen molar-refractivity contribution in [1.82, 2.24) is 31.1 Å². The minimum atomic E-state index is -0.986. The van der Waals surface area contributed by atoms with Crippen LogP contribution in [0.1, 0.15) is 151 Å². The van der Waals surface area contributed by atoms with Gasteiger partial charge in [0.2, 0.25) is 29.4 Å². The van der Waals surface area contributed by atoms with Crippen molar-refractivity contribution < 1.29 is 28.8 Å². The number of carbonyl (C=O) groups is 6. The molecule has 0 radical (unpaired) electrons. The Morgan fingerprint density at radius 2 is 1.42 bits per heavy atom. The molecule has 12 nitrogen and oxygen atoms in total. The Labute approximate surface area is 329 Å². The van der Waals surface area contributed by atoms with Gasteiger partial charge in [-0.2, -0.15) is 0 Å². The van der Waals surface area contributed by atoms with E-state index in [0.29, 0.717) is 25.8 Å². The van der Waals surface area contributed by atoms with Crippen LogP contribution in [0.5, 0.6) is 0 Å². The van der Waals surface area contributed by atoms with E-state index >= 15 is 4.79 Å². The van der Waals surface area contributed by atoms with Gasteiger partial charge in [-0.1, -0.05) is 87.0 Å². The van der Waals surface area contributed by atoms with Gasteiger partial charge in [-0.15, -0.1) is 0 Å². The molecule has 0 aromatic heterocycles. The normalized spacial score (nSPS) is 29.1. The van der Waals surface area contributed by atoms with E-state index in [1.54, 1.807) is 4.90 Å². The Morgan fingerprint density at radius 1 is 0.764 bits per heavy atom. The summed E-state index contributed by atoms with van der Waals surface area (Å²) >= 11 is 0. The lowest BCUT2D eigenvalue weighted by molar-refractivity contribution is -0.145. The first-order valence-corrected chi connectivity index (χ1v) is 21.8. The van der Waals surface area contributed by atoms with Gasteiger partial charge in [0, 0.05) is 18.0 Å². The highest BCUT2D eigenvalue weighted by Crippen LogP contribution is 2.88. The van der Waals surface area contributed by atoms with Gasteiger partial charge in [0.25, 0.3) is 5.91 Å². The molecule has 0 aromatic rings. The lowest BCUT2D eigenvalue weighted by Crippen LogP contribution is -2.63. The zero-order valence-corrected chi connectivity index (χ0v) is 34.8. The molecular weight excluding hydrogens is 697 g/mol. The van der Waals surface area contributed by atoms with Crippen molar-refractivity contribution in [3.05, 3.63) is 0 Å². The third-order valence-electron chi connectivity index (χ3n) is 15.2. The van der Waals surface area contributed by atoms with Crippen LogP contribution in [0, 0.1) is 27.6 Å². The highest BCUT2D eigenvalue weighted by Gasteiger charge is 2.85. The molecule has 308 valence electrons. The summed E-state index contributed by atoms with van der Waals surface area (Å²) in [4.78, 5) is 88.1. The molecule has 5 amide bonds. The van der Waals surface area contributed by atoms with Crippen LogP contribution in [-0.2, 0) is 28.8 Å². The molecule has 55 heavy (non-hydrogen) atoms. The summed E-state index contributed by atoms with van der Waals surface area (Å²) in [6.07, 6.45) is 13.8. The summed E-state index contributed by atoms with van der Waals surface area (Å²) in [6.45, 7) is 16.3. The average molecular weight is 767 g/mol. The number of likely N-dealkylation sites (tertiary alicyclic amines) is 2. The number of rotatable bonds is 14. The number of nitrogens with one attached hydrogen (secondary N) is 4. The van der Waals surface area contributed by atoms with Crippen LogP contribution >= 0.6 is 0 Å². The van der Waals surface area contributed by atoms with Gasteiger partial charge < -0.3 is 26.2 Å². The maximum absolute atomic E-state index is 15.1. The van der Waals surface area contributed by atoms with E-state index in [0.717, 1.165) is 96.6 Å². The Bertz CT molecular complexity index is 1490. The van der Waals surface area contributed by atoms with Gasteiger partial charge in [0.15, 0.2) is 0 Å². The van der Waals surface area contributed by atoms with E-state index in [9.17, 15) is 24.0 Å². The van der Waals surface area contributed by atoms with Gasteiger partial charge in [-0.3, -0.25) is 33.7 Å². The fourth-order valence-electron chi connectivity index (χ4n) is 11.4. The van der Waals surface area contributed by atoms with Crippen LogP contribution in [0.25, 0.3) is 0 Å². The predicted octanol–water partition coefficient (Wildman–Crippen LogP) is 4.39. The first-order chi connectivity index (χ1) is 26.0. The molecule has 2 saturated heterocycles. The van der Waals surface area contributed by atoms with Gasteiger partial charge >= 0.3 is 0 Å². The largest absolute Gasteiger partial charge is 0.347 e. The van der Waals surface area contributed by atoms with Crippen LogP contribution < -0.4 is 21.3 Å². The number of fused-ring (bicyclic) bond motifs is 1. The summed E-state index contributed by atoms with van der Waals surface area (Å²) in [7, 11) is 0. The standard InChI is InChI=1S/C43H70N6O6/c1-8-16-29(33(50)38(54)44-28-20-21-28)45-36(52)31-25-43(41(6,7)42(43)22-15-23-42)26-49(31)39(55)34(40(3,4)5)47-37(53)32(27-17-11-10-12-18-27)46-35(51)30-19-13-14-24-48(30)9-2/h27-32,34H,8-26H2,1-7H3,(H,44,54)(H,45,52)(H,46,51)(H,47,53)/t29-,30-,31-,32-,34+,43+/m0/s1. The fourth-order valence-corrected chi connectivity index (χ4v) is 11.4. The number of carbonyl (C=O) groups excluding carboxylic acids is 6. The Kier molecular flexibility index (Phi) is 12.2. The smallest absolute Gasteiger partial charge is 0.289 e. The summed E-state index contributed by atoms with van der Waals surface area (Å²) in [5.41, 5.74) is -1.03. The molecule has 12 heteroatoms. The second kappa shape index (κ2) is 16.1. The number of hydrogen-bond acceptors (Lipinski definition) is 7. The van der Waals surface area contributed by atoms with Crippen molar-refractivity contribution in [3.63, 3.8) is 0 Å². The number of piperidine rings is 1. The molecule has 2 aliphatic heterocycles. The van der Waals surface area contributed by atoms with Crippen molar-refractivity contribution in [3.8, 4) is 0 Å². The second-order valence-corrected chi connectivity index (χ2v) is 19.6. The maximum Gasteiger partial charge on any atom is 0.289 e. The van der Waals surface area contributed by atoms with Crippen molar-refractivity contribution in [1.29, 1.82) is 0 Å². The number of Topliss-reactive ketones (excluding diaryl/α,β-unsaturated/α-hetero) is 1. The van der Waals surface area contributed by atoms with Crippen molar-refractivity contribution in [2.24, 2.45) is 27.6 Å². The molecule has 0 aromatic carbocycles. The summed E-state index contributed by atoms with van der Waals surface area (Å²) in [5.74, 6) is -2.56. The Hall–Kier alpha value is -3.02. The average Bonchev–Trinajstić information content (AvgIpc) is 3.96. The van der Waals surface area contributed by atoms with Gasteiger partial charge in [0.1, 0.15) is 18.1 Å². The number of amides is 5. The van der Waals surface area contributed by atoms with E-state index in [1.165, 1.54) is 0 Å². The van der Waals surface area contributed by atoms with E-state index in [2.05, 4.69) is 46.9 Å². The van der Waals surface area contributed by atoms with Gasteiger partial charge in [-0.05, 0) is 99.5 Å². The van der Waals surface area contributed by atoms with Crippen LogP contribution in [0.15, 0.2) is 0 Å². The number of nitrogens with zero attached hydrogens (tertiary/aromatic N) is 2. The van der Waals surface area contributed by atoms with Gasteiger partial charge in [0.05, 0.1) is 12.1 Å². The lowest BCUT2D eigenvalue weighted by Gasteiger charge is -2.39. The van der Waals surface area contributed by atoms with Crippen molar-refractivity contribution in [2.45, 2.75) is 187 Å². The quantitative estimate of drug-likeness (QED) is 0.191. The molecule has 2 spiro atoms. The molecule has 6 fully saturated rings. The van der Waals surface area contributed by atoms with E-state index in [-0.39, 0.29) is 52.0 Å². The van der Waals surface area contributed by atoms with Crippen LogP contribution in [0.3, 0.4) is 0 Å². The number of likely N-dealkylation sites (N-methyl/N-ethyl adjacent to an activating group) is 1. The summed E-state index contributed by atoms with van der Waals surface area (Å²) in [5, 5.41) is 12.1. The summed E-state index contributed by atoms with van der Waals surface area (Å²) in [6, 6.07) is -3.83. The van der Waals surface area contributed by atoms with E-state index < -0.39 is 47.2 Å². The number of hydrogen-bond donors (Lipinski definition) is 4. The molecular formula is C43H70N6O6. The third kappa shape index (κ3) is 7.83. The third-order valence-corrected chi connectivity index (χ3v) is 15.2. The minimum absolute atomic E-state index is 0.0156. The topological polar surface area (TPSA) is 157 Å².